The van der Waals surface area contributed by atoms with Crippen molar-refractivity contribution in [3.8, 4) is 5.75 Å². The summed E-state index contributed by atoms with van der Waals surface area (Å²) in [5.74, 6) is 0.979. The lowest BCUT2D eigenvalue weighted by Gasteiger charge is -2.35. The van der Waals surface area contributed by atoms with Gasteiger partial charge in [0.1, 0.15) is 5.75 Å². The quantitative estimate of drug-likeness (QED) is 0.848. The van der Waals surface area contributed by atoms with Crippen LogP contribution < -0.4 is 10.2 Å². The molecular formula is C19H24N4O2S. The predicted octanol–water partition coefficient (Wildman–Crippen LogP) is 3.33. The lowest BCUT2D eigenvalue weighted by molar-refractivity contribution is 0.208. The van der Waals surface area contributed by atoms with Crippen LogP contribution in [0.15, 0.2) is 24.3 Å². The number of phenols is 1. The number of aryl methyl sites for hydroxylation is 1. The van der Waals surface area contributed by atoms with Crippen molar-refractivity contribution in [1.82, 2.24) is 9.88 Å². The number of hydrogen-bond donors (Lipinski definition) is 2. The summed E-state index contributed by atoms with van der Waals surface area (Å²) >= 11 is 1.63. The number of aromatic hydroxyl groups is 1. The van der Waals surface area contributed by atoms with Crippen molar-refractivity contribution in [1.29, 1.82) is 0 Å². The molecule has 2 aliphatic rings. The molecule has 1 saturated heterocycles. The number of nitrogens with one attached hydrogen (secondary N) is 1. The number of nitrogens with zero attached hydrogens (tertiary/aromatic N) is 3. The van der Waals surface area contributed by atoms with Gasteiger partial charge in [-0.15, -0.1) is 11.3 Å². The van der Waals surface area contributed by atoms with E-state index in [1.165, 1.54) is 17.0 Å². The van der Waals surface area contributed by atoms with Gasteiger partial charge >= 0.3 is 6.03 Å². The van der Waals surface area contributed by atoms with Crippen molar-refractivity contribution in [3.63, 3.8) is 0 Å². The van der Waals surface area contributed by atoms with Gasteiger partial charge in [0.2, 0.25) is 0 Å². The van der Waals surface area contributed by atoms with Gasteiger partial charge in [0, 0.05) is 36.7 Å². The van der Waals surface area contributed by atoms with Crippen LogP contribution in [0.25, 0.3) is 0 Å². The molecule has 1 aromatic heterocycles. The number of benzene rings is 1. The zero-order chi connectivity index (χ0) is 18.1. The monoisotopic (exact) mass is 372 g/mol. The average Bonchev–Trinajstić information content (AvgIpc) is 3.03. The number of rotatable bonds is 2. The van der Waals surface area contributed by atoms with E-state index < -0.39 is 0 Å². The van der Waals surface area contributed by atoms with Crippen LogP contribution in [-0.4, -0.2) is 47.2 Å². The van der Waals surface area contributed by atoms with Gasteiger partial charge < -0.3 is 14.9 Å². The maximum absolute atomic E-state index is 12.6. The van der Waals surface area contributed by atoms with E-state index in [2.05, 4.69) is 22.1 Å². The molecule has 2 N–H and O–H groups in total. The Hall–Kier alpha value is -2.28. The normalized spacial score (nSPS) is 20.0. The summed E-state index contributed by atoms with van der Waals surface area (Å²) in [6, 6.07) is 7.15. The summed E-state index contributed by atoms with van der Waals surface area (Å²) in [6.07, 6.45) is 3.28. The summed E-state index contributed by atoms with van der Waals surface area (Å²) in [6.45, 7) is 5.19. The molecular weight excluding hydrogens is 348 g/mol. The number of amides is 2. The maximum atomic E-state index is 12.6. The van der Waals surface area contributed by atoms with E-state index in [-0.39, 0.29) is 11.8 Å². The van der Waals surface area contributed by atoms with Gasteiger partial charge in [-0.3, -0.25) is 5.32 Å². The number of thiazole rings is 1. The molecule has 4 rings (SSSR count). The Bertz CT molecular complexity index is 781. The van der Waals surface area contributed by atoms with Crippen LogP contribution in [0.5, 0.6) is 5.75 Å². The predicted molar refractivity (Wildman–Crippen MR) is 104 cm³/mol. The van der Waals surface area contributed by atoms with Crippen molar-refractivity contribution >= 4 is 28.2 Å². The van der Waals surface area contributed by atoms with Crippen molar-refractivity contribution in [3.05, 3.63) is 34.8 Å². The molecule has 6 nitrogen and oxygen atoms in total. The molecule has 138 valence electrons. The van der Waals surface area contributed by atoms with E-state index in [0.717, 1.165) is 36.8 Å². The number of piperazine rings is 1. The molecule has 2 amide bonds. The van der Waals surface area contributed by atoms with Crippen LogP contribution >= 0.6 is 11.3 Å². The first-order valence-electron chi connectivity index (χ1n) is 9.17. The summed E-state index contributed by atoms with van der Waals surface area (Å²) in [7, 11) is 0. The number of hydrogen-bond acceptors (Lipinski definition) is 5. The Kier molecular flexibility index (Phi) is 4.72. The SMILES string of the molecule is C[C@H]1CCc2nc(NC(=O)N3CCN(c4ccc(O)cc4)CC3)sc2C1. The van der Waals surface area contributed by atoms with Crippen LogP contribution in [0.3, 0.4) is 0 Å². The first-order chi connectivity index (χ1) is 12.6. The number of carbonyl (C=O) groups excluding carboxylic acids is 1. The van der Waals surface area contributed by atoms with E-state index in [1.54, 1.807) is 23.5 Å². The molecule has 2 aromatic rings. The van der Waals surface area contributed by atoms with Gasteiger partial charge in [0.25, 0.3) is 0 Å². The molecule has 1 fully saturated rings. The number of anilines is 2. The van der Waals surface area contributed by atoms with E-state index in [4.69, 9.17) is 0 Å². The average molecular weight is 372 g/mol. The van der Waals surface area contributed by atoms with Crippen molar-refractivity contribution < 1.29 is 9.90 Å². The van der Waals surface area contributed by atoms with Gasteiger partial charge in [0.05, 0.1) is 5.69 Å². The van der Waals surface area contributed by atoms with Crippen LogP contribution in [0.1, 0.15) is 23.9 Å². The minimum Gasteiger partial charge on any atom is -0.508 e. The van der Waals surface area contributed by atoms with Crippen LogP contribution in [-0.2, 0) is 12.8 Å². The molecule has 1 aromatic carbocycles. The second kappa shape index (κ2) is 7.15. The van der Waals surface area contributed by atoms with Crippen molar-refractivity contribution in [2.75, 3.05) is 36.4 Å². The Morgan fingerprint density at radius 3 is 2.69 bits per heavy atom. The smallest absolute Gasteiger partial charge is 0.323 e. The maximum Gasteiger partial charge on any atom is 0.323 e. The van der Waals surface area contributed by atoms with Gasteiger partial charge in [0.15, 0.2) is 5.13 Å². The molecule has 0 radical (unpaired) electrons. The second-order valence-electron chi connectivity index (χ2n) is 7.16. The molecule has 0 spiro atoms. The van der Waals surface area contributed by atoms with Crippen molar-refractivity contribution in [2.24, 2.45) is 5.92 Å². The fourth-order valence-electron chi connectivity index (χ4n) is 3.60. The Balaban J connectivity index is 1.33. The van der Waals surface area contributed by atoms with E-state index in [1.807, 2.05) is 17.0 Å². The van der Waals surface area contributed by atoms with Gasteiger partial charge in [-0.1, -0.05) is 6.92 Å². The summed E-state index contributed by atoms with van der Waals surface area (Å²) in [4.78, 5) is 22.6. The molecule has 0 unspecified atom stereocenters. The lowest BCUT2D eigenvalue weighted by Crippen LogP contribution is -2.50. The molecule has 26 heavy (non-hydrogen) atoms. The van der Waals surface area contributed by atoms with Gasteiger partial charge in [-0.2, -0.15) is 0 Å². The van der Waals surface area contributed by atoms with Crippen LogP contribution in [0, 0.1) is 5.92 Å². The Morgan fingerprint density at radius 1 is 1.23 bits per heavy atom. The third-order valence-corrected chi connectivity index (χ3v) is 6.22. The van der Waals surface area contributed by atoms with E-state index in [9.17, 15) is 9.90 Å². The number of phenolic OH excluding ortho intramolecular Hbond substituents is 1. The second-order valence-corrected chi connectivity index (χ2v) is 8.24. The Morgan fingerprint density at radius 2 is 1.96 bits per heavy atom. The summed E-state index contributed by atoms with van der Waals surface area (Å²) < 4.78 is 0. The van der Waals surface area contributed by atoms with Crippen LogP contribution in [0.4, 0.5) is 15.6 Å². The number of carbonyl (C=O) groups is 1. The summed E-state index contributed by atoms with van der Waals surface area (Å²) in [5, 5.41) is 13.1. The largest absolute Gasteiger partial charge is 0.508 e. The van der Waals surface area contributed by atoms with E-state index >= 15 is 0 Å². The van der Waals surface area contributed by atoms with E-state index in [0.29, 0.717) is 19.0 Å². The first kappa shape index (κ1) is 17.1. The minimum absolute atomic E-state index is 0.0606. The molecule has 7 heteroatoms. The lowest BCUT2D eigenvalue weighted by atomic mass is 9.93. The van der Waals surface area contributed by atoms with Gasteiger partial charge in [-0.25, -0.2) is 9.78 Å². The van der Waals surface area contributed by atoms with Gasteiger partial charge in [-0.05, 0) is 49.4 Å². The number of urea groups is 1. The molecule has 0 saturated carbocycles. The highest BCUT2D eigenvalue weighted by Gasteiger charge is 2.24. The standard InChI is InChI=1S/C19H24N4O2S/c1-13-2-7-16-17(12-13)26-18(20-16)21-19(25)23-10-8-22(9-11-23)14-3-5-15(24)6-4-14/h3-6,13,24H,2,7-12H2,1H3,(H,20,21,25)/t13-/m0/s1. The molecule has 0 bridgehead atoms. The number of fused-ring (bicyclic) bond motifs is 1. The Labute approximate surface area is 157 Å². The topological polar surface area (TPSA) is 68.7 Å². The molecule has 1 aliphatic heterocycles. The highest BCUT2D eigenvalue weighted by Crippen LogP contribution is 2.32. The fourth-order valence-corrected chi connectivity index (χ4v) is 4.76. The third-order valence-electron chi connectivity index (χ3n) is 5.18. The molecule has 2 heterocycles. The van der Waals surface area contributed by atoms with Crippen LogP contribution in [0.2, 0.25) is 0 Å². The zero-order valence-corrected chi connectivity index (χ0v) is 15.8. The summed E-state index contributed by atoms with van der Waals surface area (Å²) in [5.41, 5.74) is 2.24. The molecule has 1 aliphatic carbocycles. The highest BCUT2D eigenvalue weighted by atomic mass is 32.1. The number of aromatic nitrogens is 1. The third kappa shape index (κ3) is 3.62. The minimum atomic E-state index is -0.0606. The first-order valence-corrected chi connectivity index (χ1v) is 9.98. The highest BCUT2D eigenvalue weighted by molar-refractivity contribution is 7.15. The van der Waals surface area contributed by atoms with Crippen molar-refractivity contribution in [2.45, 2.75) is 26.2 Å². The molecule has 1 atom stereocenters. The zero-order valence-electron chi connectivity index (χ0n) is 14.9. The fraction of sp³-hybridized carbons (Fsp3) is 0.474.